The second-order valence-corrected chi connectivity index (χ2v) is 23.0. The number of ether oxygens (including phenoxy) is 1. The molecule has 2 saturated heterocycles. The number of aromatic amines is 1. The third kappa shape index (κ3) is 7.89. The molecule has 1 aromatic heterocycles. The average molecular weight is 769 g/mol. The van der Waals surface area contributed by atoms with Crippen molar-refractivity contribution in [2.45, 2.75) is 75.4 Å². The van der Waals surface area contributed by atoms with Gasteiger partial charge in [-0.1, -0.05) is 142 Å². The van der Waals surface area contributed by atoms with Crippen LogP contribution in [-0.4, -0.2) is 36.7 Å². The summed E-state index contributed by atoms with van der Waals surface area (Å²) in [5.74, 6) is 0. The Morgan fingerprint density at radius 3 is 1.94 bits per heavy atom. The second kappa shape index (κ2) is 15.5. The van der Waals surface area contributed by atoms with Gasteiger partial charge in [0.25, 0.3) is 13.9 Å². The monoisotopic (exact) mass is 768 g/mol. The molecule has 276 valence electrons. The van der Waals surface area contributed by atoms with Crippen molar-refractivity contribution in [3.05, 3.63) is 165 Å². The van der Waals surface area contributed by atoms with Crippen molar-refractivity contribution in [2.75, 3.05) is 6.61 Å². The van der Waals surface area contributed by atoms with Gasteiger partial charge in [-0.3, -0.25) is 23.4 Å². The minimum Gasteiger partial charge on any atom is -0.405 e. The molecular formula is C41H45N2O7PSSi. The molecule has 2 aliphatic rings. The van der Waals surface area contributed by atoms with E-state index >= 15 is 4.57 Å². The maximum atomic E-state index is 15.0. The highest BCUT2D eigenvalue weighted by atomic mass is 32.7. The van der Waals surface area contributed by atoms with Gasteiger partial charge in [-0.05, 0) is 51.3 Å². The van der Waals surface area contributed by atoms with Gasteiger partial charge in [0.2, 0.25) is 0 Å². The van der Waals surface area contributed by atoms with Gasteiger partial charge in [0, 0.05) is 23.4 Å². The summed E-state index contributed by atoms with van der Waals surface area (Å²) in [6, 6.07) is 40.4. The number of hydrogen-bond donors (Lipinski definition) is 1. The Morgan fingerprint density at radius 2 is 1.38 bits per heavy atom. The minimum absolute atomic E-state index is 0.0976. The molecular weight excluding hydrogens is 724 g/mol. The molecule has 3 heterocycles. The molecule has 2 fully saturated rings. The van der Waals surface area contributed by atoms with Gasteiger partial charge in [-0.25, -0.2) is 9.36 Å². The Hall–Kier alpha value is -3.80. The molecule has 0 saturated carbocycles. The molecule has 2 aliphatic heterocycles. The maximum Gasteiger partial charge on any atom is 0.390 e. The number of rotatable bonds is 10. The first-order valence-corrected chi connectivity index (χ1v) is 22.9. The zero-order valence-electron chi connectivity index (χ0n) is 30.3. The van der Waals surface area contributed by atoms with Crippen molar-refractivity contribution in [1.29, 1.82) is 0 Å². The summed E-state index contributed by atoms with van der Waals surface area (Å²) < 4.78 is 43.5. The number of nitrogens with one attached hydrogen (secondary N) is 1. The van der Waals surface area contributed by atoms with Crippen LogP contribution in [0.2, 0.25) is 5.04 Å². The molecule has 53 heavy (non-hydrogen) atoms. The first-order valence-electron chi connectivity index (χ1n) is 17.9. The maximum absolute atomic E-state index is 15.0. The molecule has 0 amide bonds. The Morgan fingerprint density at radius 1 is 0.830 bits per heavy atom. The van der Waals surface area contributed by atoms with Crippen LogP contribution in [0.3, 0.4) is 0 Å². The first kappa shape index (κ1) is 37.5. The molecule has 12 heteroatoms. The van der Waals surface area contributed by atoms with E-state index in [1.54, 1.807) is 6.92 Å². The van der Waals surface area contributed by atoms with Gasteiger partial charge in [0.15, 0.2) is 0 Å². The fraction of sp³-hybridized carbons (Fsp3) is 0.317. The van der Waals surface area contributed by atoms with E-state index in [2.05, 4.69) is 50.0 Å². The Kier molecular flexibility index (Phi) is 11.0. The van der Waals surface area contributed by atoms with E-state index in [4.69, 9.17) is 18.2 Å². The molecule has 0 aliphatic carbocycles. The number of aryl methyl sites for hydroxylation is 1. The lowest BCUT2D eigenvalue weighted by atomic mass is 10.0. The normalized spacial score (nSPS) is 24.9. The highest BCUT2D eigenvalue weighted by Crippen LogP contribution is 2.73. The minimum atomic E-state index is -3.86. The van der Waals surface area contributed by atoms with Gasteiger partial charge >= 0.3 is 12.5 Å². The number of benzene rings is 4. The van der Waals surface area contributed by atoms with Gasteiger partial charge in [-0.15, -0.1) is 0 Å². The SMILES string of the molecule is Cc1cn([C@H]2C[C@H](O[P@@]3(=O)O[C@H](c4ccccc4)C[C@H](c4ccccc4)S3)[C@@H](CO[Si](c3ccccc3)(c3ccccc3)C(C)(C)C)O2)c(=O)[nH]c1=O. The highest BCUT2D eigenvalue weighted by molar-refractivity contribution is 8.55. The molecule has 0 spiro atoms. The predicted molar refractivity (Wildman–Crippen MR) is 212 cm³/mol. The van der Waals surface area contributed by atoms with Crippen LogP contribution in [-0.2, 0) is 22.8 Å². The van der Waals surface area contributed by atoms with E-state index in [1.807, 2.05) is 97.1 Å². The average Bonchev–Trinajstić information content (AvgIpc) is 3.55. The van der Waals surface area contributed by atoms with E-state index in [9.17, 15) is 9.59 Å². The molecule has 5 aromatic rings. The summed E-state index contributed by atoms with van der Waals surface area (Å²) in [6.45, 7) is 4.48. The largest absolute Gasteiger partial charge is 0.405 e. The lowest BCUT2D eigenvalue weighted by Gasteiger charge is -2.43. The van der Waals surface area contributed by atoms with Crippen molar-refractivity contribution in [3.63, 3.8) is 0 Å². The van der Waals surface area contributed by atoms with Crippen LogP contribution in [0.4, 0.5) is 0 Å². The predicted octanol–water partition coefficient (Wildman–Crippen LogP) is 7.84. The number of H-pyrrole nitrogens is 1. The summed E-state index contributed by atoms with van der Waals surface area (Å²) >= 11 is 1.21. The Bertz CT molecular complexity index is 2070. The molecule has 4 aromatic carbocycles. The fourth-order valence-corrected chi connectivity index (χ4v) is 16.6. The molecule has 0 radical (unpaired) electrons. The molecule has 0 bridgehead atoms. The second-order valence-electron chi connectivity index (χ2n) is 14.7. The molecule has 7 rings (SSSR count). The van der Waals surface area contributed by atoms with Crippen LogP contribution in [0, 0.1) is 6.92 Å². The summed E-state index contributed by atoms with van der Waals surface area (Å²) in [7, 11) is -3.01. The van der Waals surface area contributed by atoms with Crippen LogP contribution >= 0.6 is 18.2 Å². The number of nitrogens with zero attached hydrogens (tertiary/aromatic N) is 1. The van der Waals surface area contributed by atoms with Crippen LogP contribution in [0.1, 0.15) is 67.9 Å². The van der Waals surface area contributed by atoms with E-state index in [0.29, 0.717) is 12.0 Å². The van der Waals surface area contributed by atoms with Crippen molar-refractivity contribution in [3.8, 4) is 0 Å². The smallest absolute Gasteiger partial charge is 0.390 e. The van der Waals surface area contributed by atoms with Gasteiger partial charge in [0.1, 0.15) is 18.4 Å². The highest BCUT2D eigenvalue weighted by Gasteiger charge is 2.53. The Balaban J connectivity index is 1.26. The van der Waals surface area contributed by atoms with Crippen LogP contribution < -0.4 is 21.6 Å². The van der Waals surface area contributed by atoms with Gasteiger partial charge in [0.05, 0.1) is 12.7 Å². The van der Waals surface area contributed by atoms with Gasteiger partial charge in [-0.2, -0.15) is 0 Å². The van der Waals surface area contributed by atoms with Crippen LogP contribution in [0.25, 0.3) is 0 Å². The van der Waals surface area contributed by atoms with E-state index < -0.39 is 50.9 Å². The zero-order chi connectivity index (χ0) is 37.2. The summed E-state index contributed by atoms with van der Waals surface area (Å²) in [5, 5.41) is 1.75. The fourth-order valence-electron chi connectivity index (χ4n) is 7.46. The third-order valence-electron chi connectivity index (χ3n) is 10.1. The lowest BCUT2D eigenvalue weighted by molar-refractivity contribution is -0.0408. The van der Waals surface area contributed by atoms with Crippen molar-refractivity contribution < 1.29 is 22.8 Å². The standard InChI is InChI=1S/C41H45N2O7PSSi/c1-29-27-43(40(45)42-39(29)44)38-26-35(50-51(46)49-34(30-17-9-5-10-18-30)25-37(52-51)31-19-11-6-12-20-31)36(48-38)28-47-53(41(2,3)4,32-21-13-7-14-22-32)33-23-15-8-16-24-33/h5-24,27,34-38H,25-26,28H2,1-4H3,(H,42,44,45)/t34-,35-,36+,37+,38+,51+/m0/s1. The first-order chi connectivity index (χ1) is 25.5. The third-order valence-corrected chi connectivity index (χ3v) is 19.1. The molecule has 6 atom stereocenters. The molecule has 0 unspecified atom stereocenters. The van der Waals surface area contributed by atoms with Crippen LogP contribution in [0.15, 0.2) is 137 Å². The molecule has 1 N–H and O–H groups in total. The molecule has 9 nitrogen and oxygen atoms in total. The van der Waals surface area contributed by atoms with Crippen molar-refractivity contribution in [1.82, 2.24) is 9.55 Å². The van der Waals surface area contributed by atoms with Crippen LogP contribution in [0.5, 0.6) is 0 Å². The quantitative estimate of drug-likeness (QED) is 0.113. The number of aromatic nitrogens is 2. The van der Waals surface area contributed by atoms with Gasteiger partial charge < -0.3 is 9.16 Å². The van der Waals surface area contributed by atoms with Crippen molar-refractivity contribution >= 4 is 36.9 Å². The zero-order valence-corrected chi connectivity index (χ0v) is 33.0. The van der Waals surface area contributed by atoms with E-state index in [-0.39, 0.29) is 23.3 Å². The van der Waals surface area contributed by atoms with Crippen molar-refractivity contribution in [2.24, 2.45) is 0 Å². The summed E-state index contributed by atoms with van der Waals surface area (Å²) in [5.41, 5.74) is 1.26. The van der Waals surface area contributed by atoms with E-state index in [0.717, 1.165) is 21.5 Å². The Labute approximate surface area is 315 Å². The number of hydrogen-bond acceptors (Lipinski definition) is 8. The summed E-state index contributed by atoms with van der Waals surface area (Å²) in [6.07, 6.45) is -0.499. The summed E-state index contributed by atoms with van der Waals surface area (Å²) in [4.78, 5) is 27.8. The topological polar surface area (TPSA) is 109 Å². The lowest BCUT2D eigenvalue weighted by Crippen LogP contribution is -2.67. The van der Waals surface area contributed by atoms with E-state index in [1.165, 1.54) is 22.1 Å².